The molecule has 7 nitrogen and oxygen atoms in total. The lowest BCUT2D eigenvalue weighted by Crippen LogP contribution is -2.51. The average molecular weight is 536 g/mol. The summed E-state index contributed by atoms with van der Waals surface area (Å²) in [7, 11) is -4.08. The number of amides is 2. The fourth-order valence-electron chi connectivity index (χ4n) is 4.14. The van der Waals surface area contributed by atoms with E-state index in [-0.39, 0.29) is 17.3 Å². The molecule has 0 radical (unpaired) electrons. The first-order valence-corrected chi connectivity index (χ1v) is 14.3. The Kier molecular flexibility index (Phi) is 9.69. The molecule has 8 heteroatoms. The summed E-state index contributed by atoms with van der Waals surface area (Å²) in [6.45, 7) is 9.49. The van der Waals surface area contributed by atoms with Gasteiger partial charge in [-0.3, -0.25) is 13.9 Å². The van der Waals surface area contributed by atoms with Gasteiger partial charge in [0.2, 0.25) is 11.8 Å². The van der Waals surface area contributed by atoms with Gasteiger partial charge in [0.05, 0.1) is 10.6 Å². The number of para-hydroxylation sites is 1. The van der Waals surface area contributed by atoms with Gasteiger partial charge >= 0.3 is 0 Å². The van der Waals surface area contributed by atoms with Crippen LogP contribution in [-0.4, -0.2) is 44.3 Å². The van der Waals surface area contributed by atoms with E-state index < -0.39 is 28.5 Å². The summed E-state index contributed by atoms with van der Waals surface area (Å²) in [6.07, 6.45) is 0.764. The van der Waals surface area contributed by atoms with E-state index in [4.69, 9.17) is 0 Å². The Hall–Kier alpha value is -3.65. The number of hydrogen-bond donors (Lipinski definition) is 1. The van der Waals surface area contributed by atoms with E-state index in [1.807, 2.05) is 64.1 Å². The van der Waals surface area contributed by atoms with Gasteiger partial charge in [-0.1, -0.05) is 67.1 Å². The molecular weight excluding hydrogens is 498 g/mol. The second-order valence-corrected chi connectivity index (χ2v) is 11.4. The SMILES string of the molecule is CCCNC(=O)C(C)N(Cc1ccccc1C)C(=O)CN(c1ccccc1C)S(=O)(=O)c1ccc(C)cc1. The number of nitrogens with zero attached hydrogens (tertiary/aromatic N) is 2. The Morgan fingerprint density at radius 1 is 0.868 bits per heavy atom. The van der Waals surface area contributed by atoms with Crippen LogP contribution in [0.3, 0.4) is 0 Å². The lowest BCUT2D eigenvalue weighted by molar-refractivity contribution is -0.139. The van der Waals surface area contributed by atoms with E-state index in [0.717, 1.165) is 33.0 Å². The maximum atomic E-state index is 13.9. The topological polar surface area (TPSA) is 86.8 Å². The molecular formula is C30H37N3O4S. The number of aryl methyl sites for hydroxylation is 3. The highest BCUT2D eigenvalue weighted by Gasteiger charge is 2.33. The molecule has 3 aromatic rings. The minimum Gasteiger partial charge on any atom is -0.354 e. The van der Waals surface area contributed by atoms with Gasteiger partial charge in [0.15, 0.2) is 0 Å². The Morgan fingerprint density at radius 3 is 2.08 bits per heavy atom. The van der Waals surface area contributed by atoms with Gasteiger partial charge < -0.3 is 10.2 Å². The molecule has 3 rings (SSSR count). The van der Waals surface area contributed by atoms with Crippen molar-refractivity contribution in [2.24, 2.45) is 0 Å². The van der Waals surface area contributed by atoms with Crippen LogP contribution in [0.5, 0.6) is 0 Å². The second kappa shape index (κ2) is 12.7. The van der Waals surface area contributed by atoms with Crippen LogP contribution >= 0.6 is 0 Å². The van der Waals surface area contributed by atoms with Gasteiger partial charge in [0, 0.05) is 13.1 Å². The fourth-order valence-corrected chi connectivity index (χ4v) is 5.62. The van der Waals surface area contributed by atoms with Crippen molar-refractivity contribution in [2.75, 3.05) is 17.4 Å². The van der Waals surface area contributed by atoms with Crippen molar-refractivity contribution in [3.05, 3.63) is 95.1 Å². The summed E-state index contributed by atoms with van der Waals surface area (Å²) in [5.74, 6) is -0.746. The quantitative estimate of drug-likeness (QED) is 0.384. The van der Waals surface area contributed by atoms with Gasteiger partial charge in [-0.05, 0) is 69.0 Å². The lowest BCUT2D eigenvalue weighted by Gasteiger charge is -2.32. The number of sulfonamides is 1. The summed E-state index contributed by atoms with van der Waals surface area (Å²) in [5, 5.41) is 2.86. The zero-order valence-electron chi connectivity index (χ0n) is 22.8. The molecule has 0 saturated heterocycles. The van der Waals surface area contributed by atoms with E-state index in [2.05, 4.69) is 5.32 Å². The molecule has 2 amide bonds. The third-order valence-corrected chi connectivity index (χ3v) is 8.36. The molecule has 202 valence electrons. The summed E-state index contributed by atoms with van der Waals surface area (Å²) in [6, 6.07) is 20.5. The molecule has 1 N–H and O–H groups in total. The van der Waals surface area contributed by atoms with E-state index >= 15 is 0 Å². The first-order valence-electron chi connectivity index (χ1n) is 12.8. The number of benzene rings is 3. The Bertz CT molecular complexity index is 1370. The third kappa shape index (κ3) is 6.81. The van der Waals surface area contributed by atoms with Gasteiger partial charge in [-0.2, -0.15) is 0 Å². The van der Waals surface area contributed by atoms with Crippen molar-refractivity contribution >= 4 is 27.5 Å². The number of hydrogen-bond acceptors (Lipinski definition) is 4. The molecule has 0 saturated carbocycles. The van der Waals surface area contributed by atoms with Gasteiger partial charge in [-0.15, -0.1) is 0 Å². The average Bonchev–Trinajstić information content (AvgIpc) is 2.90. The van der Waals surface area contributed by atoms with Gasteiger partial charge in [0.1, 0.15) is 12.6 Å². The van der Waals surface area contributed by atoms with Crippen molar-refractivity contribution < 1.29 is 18.0 Å². The minimum absolute atomic E-state index is 0.0957. The zero-order chi connectivity index (χ0) is 27.9. The van der Waals surface area contributed by atoms with Crippen molar-refractivity contribution in [3.63, 3.8) is 0 Å². The van der Waals surface area contributed by atoms with Crippen LogP contribution in [0.2, 0.25) is 0 Å². The summed E-state index contributed by atoms with van der Waals surface area (Å²) in [5.41, 5.74) is 3.93. The fraction of sp³-hybridized carbons (Fsp3) is 0.333. The van der Waals surface area contributed by atoms with Crippen molar-refractivity contribution in [1.29, 1.82) is 0 Å². The summed E-state index contributed by atoms with van der Waals surface area (Å²) in [4.78, 5) is 28.4. The molecule has 0 aromatic heterocycles. The molecule has 0 aliphatic carbocycles. The summed E-state index contributed by atoms with van der Waals surface area (Å²) < 4.78 is 28.9. The van der Waals surface area contributed by atoms with Crippen LogP contribution < -0.4 is 9.62 Å². The molecule has 0 spiro atoms. The van der Waals surface area contributed by atoms with Crippen LogP contribution in [0.4, 0.5) is 5.69 Å². The third-order valence-electron chi connectivity index (χ3n) is 6.59. The zero-order valence-corrected chi connectivity index (χ0v) is 23.6. The smallest absolute Gasteiger partial charge is 0.264 e. The van der Waals surface area contributed by atoms with Crippen molar-refractivity contribution in [1.82, 2.24) is 10.2 Å². The minimum atomic E-state index is -4.08. The lowest BCUT2D eigenvalue weighted by atomic mass is 10.1. The molecule has 3 aromatic carbocycles. The molecule has 0 heterocycles. The normalized spacial score (nSPS) is 12.0. The molecule has 38 heavy (non-hydrogen) atoms. The molecule has 0 aliphatic heterocycles. The van der Waals surface area contributed by atoms with Crippen LogP contribution in [0, 0.1) is 20.8 Å². The maximum absolute atomic E-state index is 13.9. The number of carbonyl (C=O) groups is 2. The predicted octanol–water partition coefficient (Wildman–Crippen LogP) is 4.75. The van der Waals surface area contributed by atoms with E-state index in [0.29, 0.717) is 12.2 Å². The monoisotopic (exact) mass is 535 g/mol. The van der Waals surface area contributed by atoms with E-state index in [9.17, 15) is 18.0 Å². The number of rotatable bonds is 11. The molecule has 1 unspecified atom stereocenters. The largest absolute Gasteiger partial charge is 0.354 e. The van der Waals surface area contributed by atoms with Gasteiger partial charge in [0.25, 0.3) is 10.0 Å². The van der Waals surface area contributed by atoms with Crippen LogP contribution in [0.25, 0.3) is 0 Å². The Labute approximate surface area is 226 Å². The molecule has 0 bridgehead atoms. The Morgan fingerprint density at radius 2 is 1.47 bits per heavy atom. The second-order valence-electron chi connectivity index (χ2n) is 9.53. The van der Waals surface area contributed by atoms with Crippen molar-refractivity contribution in [3.8, 4) is 0 Å². The van der Waals surface area contributed by atoms with Crippen LogP contribution in [-0.2, 0) is 26.2 Å². The number of nitrogens with one attached hydrogen (secondary N) is 1. The standard InChI is InChI=1S/C30H37N3O4S/c1-6-19-31-30(35)25(5)32(20-26-13-9-7-11-23(26)3)29(34)21-33(28-14-10-8-12-24(28)4)38(36,37)27-17-15-22(2)16-18-27/h7-18,25H,6,19-21H2,1-5H3,(H,31,35). The summed E-state index contributed by atoms with van der Waals surface area (Å²) >= 11 is 0. The molecule has 0 fully saturated rings. The highest BCUT2D eigenvalue weighted by atomic mass is 32.2. The van der Waals surface area contributed by atoms with E-state index in [1.165, 1.54) is 4.90 Å². The van der Waals surface area contributed by atoms with Gasteiger partial charge in [-0.25, -0.2) is 8.42 Å². The Balaban J connectivity index is 2.04. The van der Waals surface area contributed by atoms with E-state index in [1.54, 1.807) is 43.3 Å². The first kappa shape index (κ1) is 28.9. The number of carbonyl (C=O) groups excluding carboxylic acids is 2. The predicted molar refractivity (Wildman–Crippen MR) is 151 cm³/mol. The molecule has 1 atom stereocenters. The highest BCUT2D eigenvalue weighted by molar-refractivity contribution is 7.92. The van der Waals surface area contributed by atoms with Crippen LogP contribution in [0.1, 0.15) is 42.5 Å². The first-order chi connectivity index (χ1) is 18.1. The van der Waals surface area contributed by atoms with Crippen molar-refractivity contribution in [2.45, 2.75) is 58.5 Å². The highest BCUT2D eigenvalue weighted by Crippen LogP contribution is 2.27. The van der Waals surface area contributed by atoms with Crippen LogP contribution in [0.15, 0.2) is 77.7 Å². The maximum Gasteiger partial charge on any atom is 0.264 e. The molecule has 0 aliphatic rings. The number of anilines is 1.